The summed E-state index contributed by atoms with van der Waals surface area (Å²) in [5.74, 6) is 1.07. The number of amides is 1. The SMILES string of the molecule is Cc1ccsc1C(=O)N1Cc2ncn(C)c2[C@H](COCC2CC2)C1. The van der Waals surface area contributed by atoms with E-state index in [-0.39, 0.29) is 11.8 Å². The average Bonchev–Trinajstić information content (AvgIpc) is 3.18. The molecule has 24 heavy (non-hydrogen) atoms. The fourth-order valence-corrected chi connectivity index (χ4v) is 4.31. The Kier molecular flexibility index (Phi) is 4.18. The fourth-order valence-electron chi connectivity index (χ4n) is 3.41. The van der Waals surface area contributed by atoms with E-state index < -0.39 is 0 Å². The molecule has 0 bridgehead atoms. The average molecular weight is 345 g/mol. The molecule has 3 heterocycles. The summed E-state index contributed by atoms with van der Waals surface area (Å²) in [5.41, 5.74) is 3.28. The first-order chi connectivity index (χ1) is 11.6. The Bertz CT molecular complexity index is 747. The van der Waals surface area contributed by atoms with E-state index >= 15 is 0 Å². The third-order valence-corrected chi connectivity index (χ3v) is 5.95. The number of aryl methyl sites for hydroxylation is 2. The second-order valence-corrected chi connectivity index (χ2v) is 7.90. The Morgan fingerprint density at radius 1 is 1.42 bits per heavy atom. The van der Waals surface area contributed by atoms with Gasteiger partial charge < -0.3 is 14.2 Å². The van der Waals surface area contributed by atoms with Crippen LogP contribution in [0.3, 0.4) is 0 Å². The summed E-state index contributed by atoms with van der Waals surface area (Å²) in [4.78, 5) is 20.2. The number of ether oxygens (including phenoxy) is 1. The smallest absolute Gasteiger partial charge is 0.264 e. The molecular weight excluding hydrogens is 322 g/mol. The topological polar surface area (TPSA) is 47.4 Å². The van der Waals surface area contributed by atoms with Crippen molar-refractivity contribution in [3.63, 3.8) is 0 Å². The third kappa shape index (κ3) is 3.00. The lowest BCUT2D eigenvalue weighted by atomic mass is 9.98. The molecule has 1 fully saturated rings. The highest BCUT2D eigenvalue weighted by atomic mass is 32.1. The molecule has 0 radical (unpaired) electrons. The van der Waals surface area contributed by atoms with Crippen molar-refractivity contribution in [2.75, 3.05) is 19.8 Å². The van der Waals surface area contributed by atoms with Crippen molar-refractivity contribution in [3.05, 3.63) is 39.6 Å². The molecule has 0 aromatic carbocycles. The van der Waals surface area contributed by atoms with Crippen molar-refractivity contribution >= 4 is 17.2 Å². The van der Waals surface area contributed by atoms with Crippen LogP contribution >= 0.6 is 11.3 Å². The van der Waals surface area contributed by atoms with Gasteiger partial charge in [-0.1, -0.05) is 0 Å². The van der Waals surface area contributed by atoms with Gasteiger partial charge in [0.2, 0.25) is 0 Å². The molecule has 4 rings (SSSR count). The van der Waals surface area contributed by atoms with Gasteiger partial charge in [-0.15, -0.1) is 11.3 Å². The van der Waals surface area contributed by atoms with E-state index in [2.05, 4.69) is 9.55 Å². The number of nitrogens with zero attached hydrogens (tertiary/aromatic N) is 3. The molecule has 6 heteroatoms. The van der Waals surface area contributed by atoms with Crippen LogP contribution in [0.5, 0.6) is 0 Å². The van der Waals surface area contributed by atoms with E-state index in [9.17, 15) is 4.79 Å². The molecule has 0 N–H and O–H groups in total. The standard InChI is InChI=1S/C18H23N3O2S/c1-12-5-6-24-17(12)18(22)21-7-14(10-23-9-13-3-4-13)16-15(8-21)19-11-20(16)2/h5-6,11,13-14H,3-4,7-10H2,1-2H3/t14-/m0/s1. The molecule has 1 aliphatic carbocycles. The summed E-state index contributed by atoms with van der Waals surface area (Å²) >= 11 is 1.52. The van der Waals surface area contributed by atoms with E-state index in [1.807, 2.05) is 36.6 Å². The molecule has 0 unspecified atom stereocenters. The van der Waals surface area contributed by atoms with Crippen molar-refractivity contribution in [2.24, 2.45) is 13.0 Å². The van der Waals surface area contributed by atoms with Crippen LogP contribution in [0.1, 0.15) is 45.4 Å². The van der Waals surface area contributed by atoms with Crippen LogP contribution in [0, 0.1) is 12.8 Å². The minimum Gasteiger partial charge on any atom is -0.380 e. The Morgan fingerprint density at radius 2 is 2.25 bits per heavy atom. The Hall–Kier alpha value is -1.66. The summed E-state index contributed by atoms with van der Waals surface area (Å²) < 4.78 is 8.03. The normalized spacial score (nSPS) is 20.2. The van der Waals surface area contributed by atoms with Gasteiger partial charge in [0.1, 0.15) is 0 Å². The second kappa shape index (κ2) is 6.33. The highest BCUT2D eigenvalue weighted by Gasteiger charge is 2.33. The molecule has 1 saturated carbocycles. The number of hydrogen-bond acceptors (Lipinski definition) is 4. The quantitative estimate of drug-likeness (QED) is 0.837. The lowest BCUT2D eigenvalue weighted by Gasteiger charge is -2.32. The maximum atomic E-state index is 12.9. The highest BCUT2D eigenvalue weighted by molar-refractivity contribution is 7.12. The minimum absolute atomic E-state index is 0.117. The van der Waals surface area contributed by atoms with Gasteiger partial charge in [-0.2, -0.15) is 0 Å². The number of fused-ring (bicyclic) bond motifs is 1. The zero-order valence-electron chi connectivity index (χ0n) is 14.2. The predicted molar refractivity (Wildman–Crippen MR) is 93.3 cm³/mol. The van der Waals surface area contributed by atoms with Gasteiger partial charge in [0.25, 0.3) is 5.91 Å². The van der Waals surface area contributed by atoms with Gasteiger partial charge >= 0.3 is 0 Å². The first-order valence-electron chi connectivity index (χ1n) is 8.54. The van der Waals surface area contributed by atoms with Gasteiger partial charge in [-0.25, -0.2) is 4.98 Å². The molecule has 1 amide bonds. The molecule has 128 valence electrons. The van der Waals surface area contributed by atoms with E-state index in [4.69, 9.17) is 4.74 Å². The molecule has 0 saturated heterocycles. The molecule has 2 aliphatic rings. The maximum Gasteiger partial charge on any atom is 0.264 e. The summed E-state index contributed by atoms with van der Waals surface area (Å²) in [5, 5.41) is 1.98. The summed E-state index contributed by atoms with van der Waals surface area (Å²) in [6.07, 6.45) is 4.44. The number of hydrogen-bond donors (Lipinski definition) is 0. The maximum absolute atomic E-state index is 12.9. The van der Waals surface area contributed by atoms with Gasteiger partial charge in [0.15, 0.2) is 0 Å². The molecule has 2 aromatic rings. The molecule has 5 nitrogen and oxygen atoms in total. The van der Waals surface area contributed by atoms with Crippen molar-refractivity contribution in [1.82, 2.24) is 14.5 Å². The minimum atomic E-state index is 0.117. The number of thiophene rings is 1. The van der Waals surface area contributed by atoms with Crippen LogP contribution in [0.25, 0.3) is 0 Å². The van der Waals surface area contributed by atoms with Crippen molar-refractivity contribution in [1.29, 1.82) is 0 Å². The number of imidazole rings is 1. The second-order valence-electron chi connectivity index (χ2n) is 6.98. The summed E-state index contributed by atoms with van der Waals surface area (Å²) in [6, 6.07) is 2.00. The van der Waals surface area contributed by atoms with Crippen LogP contribution in [0.15, 0.2) is 17.8 Å². The van der Waals surface area contributed by atoms with Gasteiger partial charge in [-0.05, 0) is 42.7 Å². The van der Waals surface area contributed by atoms with Gasteiger partial charge in [0, 0.05) is 31.8 Å². The van der Waals surface area contributed by atoms with Crippen LogP contribution in [0.4, 0.5) is 0 Å². The van der Waals surface area contributed by atoms with Crippen LogP contribution < -0.4 is 0 Å². The third-order valence-electron chi connectivity index (χ3n) is 4.94. The number of aromatic nitrogens is 2. The largest absolute Gasteiger partial charge is 0.380 e. The van der Waals surface area contributed by atoms with Crippen molar-refractivity contribution in [3.8, 4) is 0 Å². The van der Waals surface area contributed by atoms with E-state index in [1.54, 1.807) is 0 Å². The molecule has 1 aliphatic heterocycles. The van der Waals surface area contributed by atoms with Crippen molar-refractivity contribution in [2.45, 2.75) is 32.2 Å². The van der Waals surface area contributed by atoms with E-state index in [1.165, 1.54) is 29.9 Å². The summed E-state index contributed by atoms with van der Waals surface area (Å²) in [6.45, 7) is 4.80. The van der Waals surface area contributed by atoms with Crippen LogP contribution in [-0.4, -0.2) is 40.1 Å². The number of carbonyl (C=O) groups is 1. The number of rotatable bonds is 5. The van der Waals surface area contributed by atoms with Crippen molar-refractivity contribution < 1.29 is 9.53 Å². The van der Waals surface area contributed by atoms with Gasteiger partial charge in [0.05, 0.1) is 30.1 Å². The Balaban J connectivity index is 1.53. The fraction of sp³-hybridized carbons (Fsp3) is 0.556. The Morgan fingerprint density at radius 3 is 2.96 bits per heavy atom. The predicted octanol–water partition coefficient (Wildman–Crippen LogP) is 2.96. The Labute approximate surface area is 146 Å². The van der Waals surface area contributed by atoms with Crippen LogP contribution in [-0.2, 0) is 18.3 Å². The summed E-state index contributed by atoms with van der Waals surface area (Å²) in [7, 11) is 2.03. The van der Waals surface area contributed by atoms with Gasteiger partial charge in [-0.3, -0.25) is 4.79 Å². The van der Waals surface area contributed by atoms with E-state index in [0.717, 1.165) is 28.7 Å². The molecule has 0 spiro atoms. The number of carbonyl (C=O) groups excluding carboxylic acids is 1. The lowest BCUT2D eigenvalue weighted by molar-refractivity contribution is 0.0622. The monoisotopic (exact) mass is 345 g/mol. The zero-order valence-corrected chi connectivity index (χ0v) is 15.0. The van der Waals surface area contributed by atoms with E-state index in [0.29, 0.717) is 19.7 Å². The molecule has 1 atom stereocenters. The highest BCUT2D eigenvalue weighted by Crippen LogP contribution is 2.32. The molecule has 2 aromatic heterocycles. The zero-order chi connectivity index (χ0) is 16.7. The first kappa shape index (κ1) is 15.8. The lowest BCUT2D eigenvalue weighted by Crippen LogP contribution is -2.40. The first-order valence-corrected chi connectivity index (χ1v) is 9.42. The van der Waals surface area contributed by atoms with Crippen LogP contribution in [0.2, 0.25) is 0 Å². The molecular formula is C18H23N3O2S.